The van der Waals surface area contributed by atoms with E-state index in [1.165, 1.54) is 44.6 Å². The van der Waals surface area contributed by atoms with Gasteiger partial charge in [0, 0.05) is 5.56 Å². The average molecular weight is 367 g/mol. The van der Waals surface area contributed by atoms with Crippen LogP contribution in [0, 0.1) is 29.5 Å². The molecule has 1 aliphatic rings. The van der Waals surface area contributed by atoms with Gasteiger partial charge in [0.05, 0.1) is 4.47 Å². The first kappa shape index (κ1) is 17.5. The first-order valence-corrected chi connectivity index (χ1v) is 9.02. The van der Waals surface area contributed by atoms with E-state index < -0.39 is 6.10 Å². The van der Waals surface area contributed by atoms with Crippen molar-refractivity contribution in [2.45, 2.75) is 58.0 Å². The number of hydrogen-bond acceptors (Lipinski definition) is 1. The molecule has 1 saturated carbocycles. The zero-order chi connectivity index (χ0) is 15.9. The Hall–Kier alpha value is -0.850. The molecular weight excluding hydrogens is 343 g/mol. The third kappa shape index (κ3) is 5.41. The van der Waals surface area contributed by atoms with Crippen LogP contribution in [0.15, 0.2) is 22.7 Å². The molecular formula is C19H24BrFO. The fourth-order valence-corrected chi connectivity index (χ4v) is 3.53. The van der Waals surface area contributed by atoms with Crippen LogP contribution >= 0.6 is 15.9 Å². The van der Waals surface area contributed by atoms with Crippen LogP contribution in [-0.2, 0) is 0 Å². The lowest BCUT2D eigenvalue weighted by molar-refractivity contribution is 0.162. The second-order valence-corrected chi connectivity index (χ2v) is 7.18. The van der Waals surface area contributed by atoms with E-state index in [-0.39, 0.29) is 5.82 Å². The summed E-state index contributed by atoms with van der Waals surface area (Å²) in [5.74, 6) is 6.87. The number of aliphatic hydroxyl groups is 1. The van der Waals surface area contributed by atoms with Gasteiger partial charge in [0.1, 0.15) is 11.9 Å². The Balaban J connectivity index is 1.82. The van der Waals surface area contributed by atoms with E-state index in [9.17, 15) is 9.50 Å². The van der Waals surface area contributed by atoms with Crippen molar-refractivity contribution in [3.05, 3.63) is 34.1 Å². The van der Waals surface area contributed by atoms with E-state index in [4.69, 9.17) is 0 Å². The molecule has 1 aromatic rings. The standard InChI is InChI=1S/C19H24BrFO/c1-2-3-14-4-6-15(7-5-14)12-17(22)10-8-16-9-11-18(20)19(21)13-16/h9,11,13-15,17,22H,2-7,12H2,1H3. The Morgan fingerprint density at radius 1 is 1.27 bits per heavy atom. The summed E-state index contributed by atoms with van der Waals surface area (Å²) in [5, 5.41) is 10.1. The van der Waals surface area contributed by atoms with Crippen molar-refractivity contribution in [3.63, 3.8) is 0 Å². The summed E-state index contributed by atoms with van der Waals surface area (Å²) >= 11 is 3.12. The van der Waals surface area contributed by atoms with Crippen LogP contribution in [-0.4, -0.2) is 11.2 Å². The highest BCUT2D eigenvalue weighted by Crippen LogP contribution is 2.33. The number of halogens is 2. The van der Waals surface area contributed by atoms with Crippen molar-refractivity contribution >= 4 is 15.9 Å². The first-order valence-electron chi connectivity index (χ1n) is 8.23. The Kier molecular flexibility index (Phi) is 6.92. The summed E-state index contributed by atoms with van der Waals surface area (Å²) in [6.45, 7) is 2.25. The molecule has 0 amide bonds. The SMILES string of the molecule is CCCC1CCC(CC(O)C#Cc2ccc(Br)c(F)c2)CC1. The van der Waals surface area contributed by atoms with Gasteiger partial charge in [0.25, 0.3) is 0 Å². The van der Waals surface area contributed by atoms with Crippen LogP contribution in [0.3, 0.4) is 0 Å². The molecule has 2 rings (SSSR count). The maximum Gasteiger partial charge on any atom is 0.138 e. The van der Waals surface area contributed by atoms with Gasteiger partial charge in [-0.05, 0) is 52.4 Å². The van der Waals surface area contributed by atoms with Crippen LogP contribution in [0.5, 0.6) is 0 Å². The predicted octanol–water partition coefficient (Wildman–Crippen LogP) is 5.30. The average Bonchev–Trinajstić information content (AvgIpc) is 2.51. The summed E-state index contributed by atoms with van der Waals surface area (Å²) < 4.78 is 13.8. The van der Waals surface area contributed by atoms with Crippen molar-refractivity contribution in [1.29, 1.82) is 0 Å². The van der Waals surface area contributed by atoms with Gasteiger partial charge in [-0.2, -0.15) is 0 Å². The molecule has 0 radical (unpaired) electrons. The van der Waals surface area contributed by atoms with Crippen LogP contribution in [0.25, 0.3) is 0 Å². The molecule has 1 nitrogen and oxygen atoms in total. The molecule has 1 fully saturated rings. The molecule has 0 spiro atoms. The van der Waals surface area contributed by atoms with Crippen LogP contribution in [0.1, 0.15) is 57.4 Å². The minimum absolute atomic E-state index is 0.324. The highest BCUT2D eigenvalue weighted by atomic mass is 79.9. The Bertz CT molecular complexity index is 538. The molecule has 1 unspecified atom stereocenters. The summed E-state index contributed by atoms with van der Waals surface area (Å²) in [4.78, 5) is 0. The third-order valence-corrected chi connectivity index (χ3v) is 5.17. The van der Waals surface area contributed by atoms with Gasteiger partial charge < -0.3 is 5.11 Å². The zero-order valence-electron chi connectivity index (χ0n) is 13.1. The topological polar surface area (TPSA) is 20.2 Å². The molecule has 1 atom stereocenters. The fraction of sp³-hybridized carbons (Fsp3) is 0.579. The van der Waals surface area contributed by atoms with Gasteiger partial charge in [-0.25, -0.2) is 4.39 Å². The van der Waals surface area contributed by atoms with E-state index in [2.05, 4.69) is 34.7 Å². The normalized spacial score (nSPS) is 22.7. The Morgan fingerprint density at radius 3 is 2.59 bits per heavy atom. The lowest BCUT2D eigenvalue weighted by Crippen LogP contribution is -2.19. The lowest BCUT2D eigenvalue weighted by atomic mass is 9.78. The van der Waals surface area contributed by atoms with Crippen LogP contribution < -0.4 is 0 Å². The number of hydrogen-bond donors (Lipinski definition) is 1. The quantitative estimate of drug-likeness (QED) is 0.717. The van der Waals surface area contributed by atoms with Crippen LogP contribution in [0.4, 0.5) is 4.39 Å². The van der Waals surface area contributed by atoms with Gasteiger partial charge in [0.15, 0.2) is 0 Å². The third-order valence-electron chi connectivity index (χ3n) is 4.52. The minimum Gasteiger partial charge on any atom is -0.380 e. The van der Waals surface area contributed by atoms with Gasteiger partial charge in [-0.15, -0.1) is 0 Å². The Labute approximate surface area is 141 Å². The van der Waals surface area contributed by atoms with Crippen molar-refractivity contribution in [2.75, 3.05) is 0 Å². The minimum atomic E-state index is -0.612. The maximum absolute atomic E-state index is 13.4. The summed E-state index contributed by atoms with van der Waals surface area (Å²) in [7, 11) is 0. The van der Waals surface area contributed by atoms with E-state index in [1.807, 2.05) is 0 Å². The van der Waals surface area contributed by atoms with E-state index in [0.717, 1.165) is 12.3 Å². The Morgan fingerprint density at radius 2 is 1.95 bits per heavy atom. The van der Waals surface area contributed by atoms with Crippen LogP contribution in [0.2, 0.25) is 0 Å². The predicted molar refractivity (Wildman–Crippen MR) is 92.0 cm³/mol. The largest absolute Gasteiger partial charge is 0.380 e. The first-order chi connectivity index (χ1) is 10.6. The monoisotopic (exact) mass is 366 g/mol. The van der Waals surface area contributed by atoms with E-state index in [0.29, 0.717) is 16.0 Å². The number of rotatable bonds is 4. The summed E-state index contributed by atoms with van der Waals surface area (Å²) in [6, 6.07) is 4.78. The highest BCUT2D eigenvalue weighted by molar-refractivity contribution is 9.10. The molecule has 1 aromatic carbocycles. The van der Waals surface area contributed by atoms with Gasteiger partial charge in [-0.3, -0.25) is 0 Å². The highest BCUT2D eigenvalue weighted by Gasteiger charge is 2.22. The fourth-order valence-electron chi connectivity index (χ4n) is 3.28. The van der Waals surface area contributed by atoms with Crippen molar-refractivity contribution < 1.29 is 9.50 Å². The molecule has 120 valence electrons. The molecule has 0 heterocycles. The molecule has 22 heavy (non-hydrogen) atoms. The molecule has 0 bridgehead atoms. The second kappa shape index (κ2) is 8.70. The summed E-state index contributed by atoms with van der Waals surface area (Å²) in [6.07, 6.45) is 7.72. The smallest absolute Gasteiger partial charge is 0.138 e. The molecule has 0 aliphatic heterocycles. The lowest BCUT2D eigenvalue weighted by Gasteiger charge is -2.28. The molecule has 0 saturated heterocycles. The second-order valence-electron chi connectivity index (χ2n) is 6.33. The molecule has 1 aliphatic carbocycles. The van der Waals surface area contributed by atoms with E-state index in [1.54, 1.807) is 12.1 Å². The van der Waals surface area contributed by atoms with Gasteiger partial charge in [-0.1, -0.05) is 57.3 Å². The van der Waals surface area contributed by atoms with Crippen molar-refractivity contribution in [2.24, 2.45) is 11.8 Å². The van der Waals surface area contributed by atoms with Crippen molar-refractivity contribution in [3.8, 4) is 11.8 Å². The zero-order valence-corrected chi connectivity index (χ0v) is 14.7. The van der Waals surface area contributed by atoms with Gasteiger partial charge >= 0.3 is 0 Å². The van der Waals surface area contributed by atoms with E-state index >= 15 is 0 Å². The number of aliphatic hydroxyl groups excluding tert-OH is 1. The summed E-state index contributed by atoms with van der Waals surface area (Å²) in [5.41, 5.74) is 0.603. The molecule has 0 aromatic heterocycles. The molecule has 3 heteroatoms. The van der Waals surface area contributed by atoms with Crippen molar-refractivity contribution in [1.82, 2.24) is 0 Å². The number of benzene rings is 1. The molecule has 1 N–H and O–H groups in total. The van der Waals surface area contributed by atoms with Gasteiger partial charge in [0.2, 0.25) is 0 Å². The maximum atomic E-state index is 13.4.